The van der Waals surface area contributed by atoms with Gasteiger partial charge in [0.25, 0.3) is 0 Å². The minimum absolute atomic E-state index is 0.0840. The Kier molecular flexibility index (Phi) is 4.76. The lowest BCUT2D eigenvalue weighted by Crippen LogP contribution is -2.63. The maximum absolute atomic E-state index is 11.9. The highest BCUT2D eigenvalue weighted by Gasteiger charge is 2.42. The third kappa shape index (κ3) is 3.88. The molecule has 0 aromatic heterocycles. The van der Waals surface area contributed by atoms with E-state index < -0.39 is 5.60 Å². The van der Waals surface area contributed by atoms with E-state index in [1.807, 2.05) is 31.2 Å². The Hall–Kier alpha value is -0.710. The van der Waals surface area contributed by atoms with Crippen LogP contribution in [0.25, 0.3) is 0 Å². The van der Waals surface area contributed by atoms with Gasteiger partial charge in [0.2, 0.25) is 5.91 Å². The quantitative estimate of drug-likeness (QED) is 0.850. The van der Waals surface area contributed by atoms with E-state index in [4.69, 9.17) is 11.6 Å². The number of hydrogen-bond acceptors (Lipinski definition) is 3. The molecular weight excluding hydrogens is 282 g/mol. The number of rotatable bonds is 5. The molecule has 1 saturated heterocycles. The molecule has 0 saturated carbocycles. The Labute approximate surface area is 122 Å². The molecular formula is C14H18ClNO2S. The van der Waals surface area contributed by atoms with Crippen LogP contribution in [0.5, 0.6) is 0 Å². The lowest BCUT2D eigenvalue weighted by molar-refractivity contribution is -0.153. The van der Waals surface area contributed by atoms with Crippen LogP contribution in [-0.2, 0) is 4.79 Å². The second-order valence-corrected chi connectivity index (χ2v) is 6.45. The van der Waals surface area contributed by atoms with Crippen LogP contribution in [0.4, 0.5) is 0 Å². The number of β-amino-alcohol motifs (C(OH)–C–C–N with tert-alkyl or cyclic N) is 1. The Morgan fingerprint density at radius 3 is 2.63 bits per heavy atom. The van der Waals surface area contributed by atoms with Crippen LogP contribution in [0.2, 0.25) is 5.02 Å². The van der Waals surface area contributed by atoms with Gasteiger partial charge in [-0.3, -0.25) is 4.79 Å². The molecule has 1 amide bonds. The fourth-order valence-electron chi connectivity index (χ4n) is 2.23. The van der Waals surface area contributed by atoms with Crippen molar-refractivity contribution in [2.45, 2.75) is 30.3 Å². The molecule has 0 aliphatic carbocycles. The Bertz CT molecular complexity index is 443. The largest absolute Gasteiger partial charge is 0.386 e. The average molecular weight is 300 g/mol. The molecule has 0 atom stereocenters. The number of nitrogens with zero attached hydrogens (tertiary/aromatic N) is 1. The summed E-state index contributed by atoms with van der Waals surface area (Å²) in [6.45, 7) is 2.99. The van der Waals surface area contributed by atoms with E-state index in [0.29, 0.717) is 23.9 Å². The van der Waals surface area contributed by atoms with Gasteiger partial charge in [-0.2, -0.15) is 0 Å². The lowest BCUT2D eigenvalue weighted by Gasteiger charge is -2.46. The molecule has 1 aromatic carbocycles. The molecule has 0 spiro atoms. The summed E-state index contributed by atoms with van der Waals surface area (Å²) >= 11 is 7.30. The van der Waals surface area contributed by atoms with Gasteiger partial charge < -0.3 is 10.0 Å². The molecule has 5 heteroatoms. The molecule has 1 fully saturated rings. The number of hydrogen-bond donors (Lipinski definition) is 1. The highest BCUT2D eigenvalue weighted by molar-refractivity contribution is 8.00. The van der Waals surface area contributed by atoms with Gasteiger partial charge in [-0.15, -0.1) is 11.8 Å². The van der Waals surface area contributed by atoms with E-state index in [1.165, 1.54) is 11.8 Å². The summed E-state index contributed by atoms with van der Waals surface area (Å²) in [6, 6.07) is 7.45. The number of thioether (sulfide) groups is 1. The average Bonchev–Trinajstić information content (AvgIpc) is 2.35. The zero-order valence-corrected chi connectivity index (χ0v) is 12.5. The second kappa shape index (κ2) is 6.16. The van der Waals surface area contributed by atoms with Gasteiger partial charge in [0.1, 0.15) is 0 Å². The summed E-state index contributed by atoms with van der Waals surface area (Å²) in [7, 11) is 0. The molecule has 1 heterocycles. The Morgan fingerprint density at radius 2 is 2.05 bits per heavy atom. The zero-order valence-electron chi connectivity index (χ0n) is 10.9. The van der Waals surface area contributed by atoms with Gasteiger partial charge in [0.15, 0.2) is 0 Å². The van der Waals surface area contributed by atoms with Crippen molar-refractivity contribution < 1.29 is 9.90 Å². The summed E-state index contributed by atoms with van der Waals surface area (Å²) in [6.07, 6.45) is 1.71. The highest BCUT2D eigenvalue weighted by atomic mass is 35.5. The summed E-state index contributed by atoms with van der Waals surface area (Å²) in [4.78, 5) is 14.7. The van der Waals surface area contributed by atoms with E-state index >= 15 is 0 Å². The number of carbonyl (C=O) groups is 1. The molecule has 0 radical (unpaired) electrons. The monoisotopic (exact) mass is 299 g/mol. The molecule has 1 aliphatic heterocycles. The molecule has 0 bridgehead atoms. The third-order valence-electron chi connectivity index (χ3n) is 3.21. The van der Waals surface area contributed by atoms with Gasteiger partial charge >= 0.3 is 0 Å². The van der Waals surface area contributed by atoms with E-state index in [2.05, 4.69) is 0 Å². The van der Waals surface area contributed by atoms with Crippen molar-refractivity contribution in [2.24, 2.45) is 0 Å². The Morgan fingerprint density at radius 1 is 1.42 bits per heavy atom. The first kappa shape index (κ1) is 14.7. The van der Waals surface area contributed by atoms with Crippen LogP contribution in [0.3, 0.4) is 0 Å². The summed E-state index contributed by atoms with van der Waals surface area (Å²) in [5, 5.41) is 10.7. The predicted molar refractivity (Wildman–Crippen MR) is 78.6 cm³/mol. The van der Waals surface area contributed by atoms with Gasteiger partial charge in [-0.25, -0.2) is 0 Å². The van der Waals surface area contributed by atoms with Gasteiger partial charge in [0.05, 0.1) is 24.4 Å². The van der Waals surface area contributed by atoms with Gasteiger partial charge in [-0.05, 0) is 30.7 Å². The minimum atomic E-state index is -0.644. The van der Waals surface area contributed by atoms with Crippen molar-refractivity contribution in [1.29, 1.82) is 0 Å². The highest BCUT2D eigenvalue weighted by Crippen LogP contribution is 2.27. The minimum Gasteiger partial charge on any atom is -0.386 e. The summed E-state index contributed by atoms with van der Waals surface area (Å²) in [5.41, 5.74) is -0.644. The van der Waals surface area contributed by atoms with Gasteiger partial charge in [-0.1, -0.05) is 24.9 Å². The van der Waals surface area contributed by atoms with Crippen molar-refractivity contribution in [1.82, 2.24) is 4.90 Å². The van der Waals surface area contributed by atoms with Gasteiger partial charge in [0, 0.05) is 9.92 Å². The van der Waals surface area contributed by atoms with Crippen molar-refractivity contribution in [2.75, 3.05) is 18.8 Å². The fourth-order valence-corrected chi connectivity index (χ4v) is 3.16. The van der Waals surface area contributed by atoms with Crippen LogP contribution in [0.1, 0.15) is 19.8 Å². The number of halogens is 1. The maximum atomic E-state index is 11.9. The normalized spacial score (nSPS) is 17.1. The number of likely N-dealkylation sites (tertiary alicyclic amines) is 1. The van der Waals surface area contributed by atoms with E-state index in [0.717, 1.165) is 17.7 Å². The molecule has 104 valence electrons. The first-order valence-corrected chi connectivity index (χ1v) is 7.77. The maximum Gasteiger partial charge on any atom is 0.233 e. The summed E-state index contributed by atoms with van der Waals surface area (Å²) in [5.74, 6) is 0.491. The summed E-state index contributed by atoms with van der Waals surface area (Å²) < 4.78 is 0. The SMILES string of the molecule is CCCC1(O)CN(C(=O)CSc2ccc(Cl)cc2)C1. The van der Waals surface area contributed by atoms with Crippen LogP contribution < -0.4 is 0 Å². The Balaban J connectivity index is 1.76. The van der Waals surface area contributed by atoms with E-state index in [1.54, 1.807) is 4.90 Å². The van der Waals surface area contributed by atoms with Crippen LogP contribution >= 0.6 is 23.4 Å². The fraction of sp³-hybridized carbons (Fsp3) is 0.500. The second-order valence-electron chi connectivity index (χ2n) is 4.97. The van der Waals surface area contributed by atoms with Crippen molar-refractivity contribution in [3.63, 3.8) is 0 Å². The molecule has 19 heavy (non-hydrogen) atoms. The topological polar surface area (TPSA) is 40.5 Å². The molecule has 3 nitrogen and oxygen atoms in total. The molecule has 1 aromatic rings. The number of amides is 1. The molecule has 1 N–H and O–H groups in total. The van der Waals surface area contributed by atoms with Crippen molar-refractivity contribution in [3.8, 4) is 0 Å². The number of aliphatic hydroxyl groups is 1. The predicted octanol–water partition coefficient (Wildman–Crippen LogP) is 2.81. The smallest absolute Gasteiger partial charge is 0.233 e. The number of carbonyl (C=O) groups excluding carboxylic acids is 1. The van der Waals surface area contributed by atoms with Crippen LogP contribution in [-0.4, -0.2) is 40.4 Å². The van der Waals surface area contributed by atoms with E-state index in [-0.39, 0.29) is 5.91 Å². The first-order chi connectivity index (χ1) is 9.02. The van der Waals surface area contributed by atoms with Crippen molar-refractivity contribution in [3.05, 3.63) is 29.3 Å². The third-order valence-corrected chi connectivity index (χ3v) is 4.46. The van der Waals surface area contributed by atoms with Crippen molar-refractivity contribution >= 4 is 29.3 Å². The molecule has 2 rings (SSSR count). The standard InChI is InChI=1S/C14H18ClNO2S/c1-2-7-14(18)9-16(10-14)13(17)8-19-12-5-3-11(15)4-6-12/h3-6,18H,2,7-10H2,1H3. The van der Waals surface area contributed by atoms with Crippen LogP contribution in [0.15, 0.2) is 29.2 Å². The lowest BCUT2D eigenvalue weighted by atomic mass is 9.89. The van der Waals surface area contributed by atoms with E-state index in [9.17, 15) is 9.90 Å². The van der Waals surface area contributed by atoms with Crippen LogP contribution in [0, 0.1) is 0 Å². The zero-order chi connectivity index (χ0) is 13.9. The first-order valence-electron chi connectivity index (χ1n) is 6.41. The molecule has 0 unspecified atom stereocenters. The number of benzene rings is 1. The molecule has 1 aliphatic rings.